The number of anilines is 1. The zero-order valence-corrected chi connectivity index (χ0v) is 16.0. The minimum Gasteiger partial charge on any atom is -0.323 e. The molecule has 29 heavy (non-hydrogen) atoms. The van der Waals surface area contributed by atoms with Gasteiger partial charge in [-0.1, -0.05) is 12.1 Å². The van der Waals surface area contributed by atoms with E-state index in [4.69, 9.17) is 0 Å². The number of thiazole rings is 1. The smallest absolute Gasteiger partial charge is 0.244 e. The van der Waals surface area contributed by atoms with Gasteiger partial charge in [-0.3, -0.25) is 4.79 Å². The lowest BCUT2D eigenvalue weighted by Gasteiger charge is -2.09. The monoisotopic (exact) mass is 401 g/mol. The molecule has 9 heteroatoms. The maximum absolute atomic E-state index is 12.7. The van der Waals surface area contributed by atoms with Crippen molar-refractivity contribution < 1.29 is 4.79 Å². The number of pyridine rings is 1. The van der Waals surface area contributed by atoms with Crippen molar-refractivity contribution in [2.24, 2.45) is 0 Å². The van der Waals surface area contributed by atoms with Gasteiger partial charge in [0.2, 0.25) is 5.91 Å². The SMILES string of the molecule is O=C(Cn1c(-c2cscn2)nc2ccccc21)Nc1ccc(-n2cccn2)nc1. The fourth-order valence-corrected chi connectivity index (χ4v) is 3.63. The number of fused-ring (bicyclic) bond motifs is 1. The van der Waals surface area contributed by atoms with E-state index in [-0.39, 0.29) is 12.5 Å². The highest BCUT2D eigenvalue weighted by Crippen LogP contribution is 2.24. The largest absolute Gasteiger partial charge is 0.323 e. The molecule has 0 aliphatic rings. The number of hydrogen-bond donors (Lipinski definition) is 1. The van der Waals surface area contributed by atoms with E-state index >= 15 is 0 Å². The Morgan fingerprint density at radius 1 is 1.10 bits per heavy atom. The molecule has 0 radical (unpaired) electrons. The fourth-order valence-electron chi connectivity index (χ4n) is 3.10. The third-order valence-corrected chi connectivity index (χ3v) is 4.97. The third kappa shape index (κ3) is 3.39. The number of carbonyl (C=O) groups is 1. The Labute approximate surface area is 169 Å². The first kappa shape index (κ1) is 17.3. The molecule has 0 bridgehead atoms. The summed E-state index contributed by atoms with van der Waals surface area (Å²) < 4.78 is 3.54. The molecular formula is C20H15N7OS. The van der Waals surface area contributed by atoms with Crippen LogP contribution in [0, 0.1) is 0 Å². The number of carbonyl (C=O) groups excluding carboxylic acids is 1. The van der Waals surface area contributed by atoms with Crippen LogP contribution in [-0.4, -0.2) is 35.2 Å². The summed E-state index contributed by atoms with van der Waals surface area (Å²) in [6, 6.07) is 13.2. The van der Waals surface area contributed by atoms with Crippen LogP contribution in [-0.2, 0) is 11.3 Å². The van der Waals surface area contributed by atoms with E-state index in [1.165, 1.54) is 11.3 Å². The van der Waals surface area contributed by atoms with Crippen LogP contribution < -0.4 is 5.32 Å². The first-order valence-corrected chi connectivity index (χ1v) is 9.82. The van der Waals surface area contributed by atoms with Gasteiger partial charge < -0.3 is 9.88 Å². The van der Waals surface area contributed by atoms with Gasteiger partial charge in [-0.05, 0) is 30.3 Å². The van der Waals surface area contributed by atoms with Crippen molar-refractivity contribution in [2.45, 2.75) is 6.54 Å². The van der Waals surface area contributed by atoms with Crippen LogP contribution in [0.1, 0.15) is 0 Å². The molecule has 8 nitrogen and oxygen atoms in total. The Bertz CT molecular complexity index is 1260. The zero-order chi connectivity index (χ0) is 19.6. The Morgan fingerprint density at radius 3 is 2.79 bits per heavy atom. The van der Waals surface area contributed by atoms with Crippen molar-refractivity contribution in [3.63, 3.8) is 0 Å². The number of para-hydroxylation sites is 2. The van der Waals surface area contributed by atoms with Crippen LogP contribution >= 0.6 is 11.3 Å². The molecule has 4 heterocycles. The summed E-state index contributed by atoms with van der Waals surface area (Å²) in [6.45, 7) is 0.119. The lowest BCUT2D eigenvalue weighted by molar-refractivity contribution is -0.116. The van der Waals surface area contributed by atoms with E-state index in [0.717, 1.165) is 16.7 Å². The van der Waals surface area contributed by atoms with Gasteiger partial charge in [0.1, 0.15) is 12.2 Å². The lowest BCUT2D eigenvalue weighted by Crippen LogP contribution is -2.19. The van der Waals surface area contributed by atoms with Crippen molar-refractivity contribution in [3.8, 4) is 17.3 Å². The molecular weight excluding hydrogens is 386 g/mol. The highest BCUT2D eigenvalue weighted by Gasteiger charge is 2.16. The van der Waals surface area contributed by atoms with Gasteiger partial charge in [-0.15, -0.1) is 11.3 Å². The number of rotatable bonds is 5. The summed E-state index contributed by atoms with van der Waals surface area (Å²) >= 11 is 1.49. The minimum absolute atomic E-state index is 0.119. The number of aromatic nitrogens is 6. The highest BCUT2D eigenvalue weighted by molar-refractivity contribution is 7.07. The van der Waals surface area contributed by atoms with Crippen LogP contribution in [0.3, 0.4) is 0 Å². The molecule has 1 N–H and O–H groups in total. The van der Waals surface area contributed by atoms with E-state index in [1.807, 2.05) is 46.5 Å². The Kier molecular flexibility index (Phi) is 4.34. The molecule has 0 spiro atoms. The molecule has 1 aromatic carbocycles. The highest BCUT2D eigenvalue weighted by atomic mass is 32.1. The van der Waals surface area contributed by atoms with E-state index in [0.29, 0.717) is 17.3 Å². The van der Waals surface area contributed by atoms with E-state index in [1.54, 1.807) is 34.7 Å². The third-order valence-electron chi connectivity index (χ3n) is 4.39. The number of benzene rings is 1. The van der Waals surface area contributed by atoms with Crippen molar-refractivity contribution in [2.75, 3.05) is 5.32 Å². The summed E-state index contributed by atoms with van der Waals surface area (Å²) in [6.07, 6.45) is 5.11. The van der Waals surface area contributed by atoms with Gasteiger partial charge in [-0.2, -0.15) is 5.10 Å². The summed E-state index contributed by atoms with van der Waals surface area (Å²) in [4.78, 5) is 26.1. The van der Waals surface area contributed by atoms with Crippen LogP contribution in [0.25, 0.3) is 28.4 Å². The zero-order valence-electron chi connectivity index (χ0n) is 15.1. The number of amides is 1. The van der Waals surface area contributed by atoms with E-state index < -0.39 is 0 Å². The van der Waals surface area contributed by atoms with Crippen molar-refractivity contribution in [3.05, 3.63) is 71.9 Å². The predicted octanol–water partition coefficient (Wildman–Crippen LogP) is 3.38. The van der Waals surface area contributed by atoms with Crippen molar-refractivity contribution >= 4 is 34.0 Å². The van der Waals surface area contributed by atoms with E-state index in [2.05, 4.69) is 25.4 Å². The molecule has 1 amide bonds. The van der Waals surface area contributed by atoms with Gasteiger partial charge in [0, 0.05) is 17.8 Å². The molecule has 0 atom stereocenters. The fraction of sp³-hybridized carbons (Fsp3) is 0.0500. The summed E-state index contributed by atoms with van der Waals surface area (Å²) in [7, 11) is 0. The van der Waals surface area contributed by atoms with Gasteiger partial charge in [0.25, 0.3) is 0 Å². The molecule has 0 unspecified atom stereocenters. The number of nitrogens with one attached hydrogen (secondary N) is 1. The topological polar surface area (TPSA) is 90.5 Å². The molecule has 0 fully saturated rings. The normalized spacial score (nSPS) is 11.0. The van der Waals surface area contributed by atoms with Crippen molar-refractivity contribution in [1.29, 1.82) is 0 Å². The quantitative estimate of drug-likeness (QED) is 0.488. The maximum atomic E-state index is 12.7. The van der Waals surface area contributed by atoms with Gasteiger partial charge in [-0.25, -0.2) is 19.6 Å². The summed E-state index contributed by atoms with van der Waals surface area (Å²) in [5.41, 5.74) is 4.84. The minimum atomic E-state index is -0.168. The van der Waals surface area contributed by atoms with Crippen molar-refractivity contribution in [1.82, 2.24) is 29.3 Å². The van der Waals surface area contributed by atoms with Crippen LogP contribution in [0.2, 0.25) is 0 Å². The van der Waals surface area contributed by atoms with Crippen LogP contribution in [0.4, 0.5) is 5.69 Å². The number of nitrogens with zero attached hydrogens (tertiary/aromatic N) is 6. The standard InChI is InChI=1S/C20H15N7OS/c28-19(24-14-6-7-18(21-10-14)27-9-3-8-23-27)11-26-17-5-2-1-4-15(17)25-20(26)16-12-29-13-22-16/h1-10,12-13H,11H2,(H,24,28). The first-order chi connectivity index (χ1) is 14.3. The maximum Gasteiger partial charge on any atom is 0.244 e. The Morgan fingerprint density at radius 2 is 2.03 bits per heavy atom. The Balaban J connectivity index is 1.39. The molecule has 0 saturated carbocycles. The average Bonchev–Trinajstić information content (AvgIpc) is 3.50. The second kappa shape index (κ2) is 7.28. The van der Waals surface area contributed by atoms with Crippen LogP contribution in [0.5, 0.6) is 0 Å². The average molecular weight is 401 g/mol. The summed E-state index contributed by atoms with van der Waals surface area (Å²) in [5.74, 6) is 1.19. The second-order valence-electron chi connectivity index (χ2n) is 6.29. The molecule has 0 aliphatic carbocycles. The molecule has 0 saturated heterocycles. The molecule has 0 aliphatic heterocycles. The number of imidazole rings is 1. The molecule has 4 aromatic heterocycles. The van der Waals surface area contributed by atoms with Gasteiger partial charge in [0.05, 0.1) is 28.4 Å². The molecule has 5 aromatic rings. The predicted molar refractivity (Wildman–Crippen MR) is 111 cm³/mol. The Hall–Kier alpha value is -3.85. The second-order valence-corrected chi connectivity index (χ2v) is 7.01. The van der Waals surface area contributed by atoms with E-state index in [9.17, 15) is 4.79 Å². The summed E-state index contributed by atoms with van der Waals surface area (Å²) in [5, 5.41) is 8.96. The lowest BCUT2D eigenvalue weighted by atomic mass is 10.3. The van der Waals surface area contributed by atoms with Crippen LogP contribution in [0.15, 0.2) is 71.9 Å². The molecule has 5 rings (SSSR count). The number of hydrogen-bond acceptors (Lipinski definition) is 6. The first-order valence-electron chi connectivity index (χ1n) is 8.88. The van der Waals surface area contributed by atoms with Gasteiger partial charge in [0.15, 0.2) is 11.6 Å². The molecule has 142 valence electrons. The van der Waals surface area contributed by atoms with Gasteiger partial charge >= 0.3 is 0 Å².